The Balaban J connectivity index is 1.88. The number of ketones is 1. The van der Waals surface area contributed by atoms with Gasteiger partial charge in [0.1, 0.15) is 5.75 Å². The van der Waals surface area contributed by atoms with Crippen LogP contribution in [0.2, 0.25) is 0 Å². The Bertz CT molecular complexity index is 607. The molecule has 0 unspecified atom stereocenters. The first-order valence-electron chi connectivity index (χ1n) is 6.36. The van der Waals surface area contributed by atoms with Crippen LogP contribution in [0.1, 0.15) is 27.5 Å². The predicted octanol–water partition coefficient (Wildman–Crippen LogP) is 2.50. The maximum atomic E-state index is 12.4. The summed E-state index contributed by atoms with van der Waals surface area (Å²) in [4.78, 5) is 12.4. The molecule has 2 aromatic rings. The van der Waals surface area contributed by atoms with Crippen LogP contribution in [0.5, 0.6) is 5.75 Å². The van der Waals surface area contributed by atoms with E-state index in [1.807, 2.05) is 42.5 Å². The lowest BCUT2D eigenvalue weighted by atomic mass is 9.96. The highest BCUT2D eigenvalue weighted by Gasteiger charge is 2.20. The fourth-order valence-corrected chi connectivity index (χ4v) is 2.33. The number of benzene rings is 2. The van der Waals surface area contributed by atoms with Gasteiger partial charge in [-0.1, -0.05) is 30.3 Å². The number of carbonyl (C=O) groups excluding carboxylic acids is 1. The van der Waals surface area contributed by atoms with Crippen molar-refractivity contribution in [2.75, 3.05) is 6.61 Å². The molecule has 1 atom stereocenters. The fourth-order valence-electron chi connectivity index (χ4n) is 2.33. The van der Waals surface area contributed by atoms with Crippen molar-refractivity contribution in [2.24, 2.45) is 5.73 Å². The number of hydrogen-bond donors (Lipinski definition) is 1. The molecule has 1 aliphatic heterocycles. The Morgan fingerprint density at radius 1 is 1.16 bits per heavy atom. The van der Waals surface area contributed by atoms with Crippen LogP contribution in [-0.2, 0) is 6.42 Å². The van der Waals surface area contributed by atoms with Crippen molar-refractivity contribution >= 4 is 5.78 Å². The van der Waals surface area contributed by atoms with Crippen LogP contribution in [0, 0.1) is 0 Å². The maximum Gasteiger partial charge on any atom is 0.184 e. The Labute approximate surface area is 112 Å². The molecule has 3 rings (SSSR count). The third-order valence-electron chi connectivity index (χ3n) is 3.42. The molecule has 0 amide bonds. The van der Waals surface area contributed by atoms with Crippen molar-refractivity contribution in [2.45, 2.75) is 12.5 Å². The van der Waals surface area contributed by atoms with Crippen molar-refractivity contribution in [3.63, 3.8) is 0 Å². The van der Waals surface area contributed by atoms with Crippen LogP contribution in [0.3, 0.4) is 0 Å². The van der Waals surface area contributed by atoms with Crippen LogP contribution in [-0.4, -0.2) is 12.4 Å². The molecule has 0 saturated carbocycles. The zero-order valence-electron chi connectivity index (χ0n) is 10.5. The van der Waals surface area contributed by atoms with Crippen LogP contribution >= 0.6 is 0 Å². The smallest absolute Gasteiger partial charge is 0.184 e. The standard InChI is InChI=1S/C16H15NO2/c17-15(11-4-2-1-3-5-11)16(18)13-6-7-14-12(10-13)8-9-19-14/h1-7,10,15H,8-9,17H2/t15-/m1/s1. The molecule has 0 aromatic heterocycles. The van der Waals surface area contributed by atoms with Crippen LogP contribution in [0.4, 0.5) is 0 Å². The molecule has 0 bridgehead atoms. The molecule has 0 fully saturated rings. The predicted molar refractivity (Wildman–Crippen MR) is 73.3 cm³/mol. The minimum absolute atomic E-state index is 0.0547. The summed E-state index contributed by atoms with van der Waals surface area (Å²) < 4.78 is 5.44. The number of nitrogens with two attached hydrogens (primary N) is 1. The number of hydrogen-bond acceptors (Lipinski definition) is 3. The first kappa shape index (κ1) is 11.9. The monoisotopic (exact) mass is 253 g/mol. The molecule has 96 valence electrons. The minimum atomic E-state index is -0.610. The largest absolute Gasteiger partial charge is 0.493 e. The maximum absolute atomic E-state index is 12.4. The number of Topliss-reactive ketones (excluding diaryl/α,β-unsaturated/α-hetero) is 1. The van der Waals surface area contributed by atoms with Crippen LogP contribution in [0.15, 0.2) is 48.5 Å². The fraction of sp³-hybridized carbons (Fsp3) is 0.188. The van der Waals surface area contributed by atoms with Gasteiger partial charge in [-0.3, -0.25) is 4.79 Å². The molecule has 3 nitrogen and oxygen atoms in total. The van der Waals surface area contributed by atoms with E-state index in [4.69, 9.17) is 10.5 Å². The van der Waals surface area contributed by atoms with Gasteiger partial charge in [-0.05, 0) is 29.3 Å². The van der Waals surface area contributed by atoms with E-state index in [1.165, 1.54) is 0 Å². The highest BCUT2D eigenvalue weighted by atomic mass is 16.5. The first-order chi connectivity index (χ1) is 9.25. The normalized spacial score (nSPS) is 14.6. The van der Waals surface area contributed by atoms with Crippen LogP contribution in [0.25, 0.3) is 0 Å². The highest BCUT2D eigenvalue weighted by molar-refractivity contribution is 6.00. The quantitative estimate of drug-likeness (QED) is 0.855. The third-order valence-corrected chi connectivity index (χ3v) is 3.42. The van der Waals surface area contributed by atoms with Gasteiger partial charge in [0.2, 0.25) is 0 Å². The van der Waals surface area contributed by atoms with Gasteiger partial charge < -0.3 is 10.5 Å². The first-order valence-corrected chi connectivity index (χ1v) is 6.36. The Morgan fingerprint density at radius 2 is 1.95 bits per heavy atom. The van der Waals surface area contributed by atoms with Gasteiger partial charge in [-0.25, -0.2) is 0 Å². The summed E-state index contributed by atoms with van der Waals surface area (Å²) in [7, 11) is 0. The topological polar surface area (TPSA) is 52.3 Å². The van der Waals surface area contributed by atoms with E-state index in [1.54, 1.807) is 6.07 Å². The molecule has 2 N–H and O–H groups in total. The lowest BCUT2D eigenvalue weighted by molar-refractivity contribution is 0.0961. The van der Waals surface area contributed by atoms with Gasteiger partial charge in [0.25, 0.3) is 0 Å². The molecule has 0 saturated heterocycles. The van der Waals surface area contributed by atoms with Crippen molar-refractivity contribution in [3.8, 4) is 5.75 Å². The lowest BCUT2D eigenvalue weighted by Crippen LogP contribution is -2.21. The van der Waals surface area contributed by atoms with Gasteiger partial charge in [0.15, 0.2) is 5.78 Å². The van der Waals surface area contributed by atoms with E-state index in [-0.39, 0.29) is 5.78 Å². The van der Waals surface area contributed by atoms with E-state index in [2.05, 4.69) is 0 Å². The van der Waals surface area contributed by atoms with E-state index in [9.17, 15) is 4.79 Å². The van der Waals surface area contributed by atoms with Crippen molar-refractivity contribution in [1.82, 2.24) is 0 Å². The number of fused-ring (bicyclic) bond motifs is 1. The van der Waals surface area contributed by atoms with Crippen molar-refractivity contribution in [1.29, 1.82) is 0 Å². The SMILES string of the molecule is N[C@@H](C(=O)c1ccc2c(c1)CCO2)c1ccccc1. The number of rotatable bonds is 3. The second-order valence-corrected chi connectivity index (χ2v) is 4.67. The molecule has 3 heteroatoms. The average Bonchev–Trinajstić information content (AvgIpc) is 2.94. The summed E-state index contributed by atoms with van der Waals surface area (Å²) in [5.74, 6) is 0.825. The molecule has 2 aromatic carbocycles. The van der Waals surface area contributed by atoms with Gasteiger partial charge in [-0.2, -0.15) is 0 Å². The summed E-state index contributed by atoms with van der Waals surface area (Å²) in [6.07, 6.45) is 0.858. The van der Waals surface area contributed by atoms with Gasteiger partial charge >= 0.3 is 0 Å². The van der Waals surface area contributed by atoms with Gasteiger partial charge in [0, 0.05) is 12.0 Å². The van der Waals surface area contributed by atoms with E-state index >= 15 is 0 Å². The molecule has 0 aliphatic carbocycles. The van der Waals surface area contributed by atoms with Crippen molar-refractivity contribution < 1.29 is 9.53 Å². The second kappa shape index (κ2) is 4.86. The van der Waals surface area contributed by atoms with E-state index < -0.39 is 6.04 Å². The summed E-state index contributed by atoms with van der Waals surface area (Å²) in [6, 6.07) is 14.4. The van der Waals surface area contributed by atoms with E-state index in [0.29, 0.717) is 12.2 Å². The molecular formula is C16H15NO2. The molecule has 1 aliphatic rings. The Hall–Kier alpha value is -2.13. The van der Waals surface area contributed by atoms with Gasteiger partial charge in [-0.15, -0.1) is 0 Å². The Kier molecular flexibility index (Phi) is 3.05. The molecule has 1 heterocycles. The van der Waals surface area contributed by atoms with Crippen molar-refractivity contribution in [3.05, 3.63) is 65.2 Å². The summed E-state index contributed by atoms with van der Waals surface area (Å²) in [5.41, 5.74) is 8.61. The zero-order valence-corrected chi connectivity index (χ0v) is 10.5. The number of ether oxygens (including phenoxy) is 1. The molecule has 19 heavy (non-hydrogen) atoms. The highest BCUT2D eigenvalue weighted by Crippen LogP contribution is 2.27. The summed E-state index contributed by atoms with van der Waals surface area (Å²) in [5, 5.41) is 0. The average molecular weight is 253 g/mol. The minimum Gasteiger partial charge on any atom is -0.493 e. The molecular weight excluding hydrogens is 238 g/mol. The second-order valence-electron chi connectivity index (χ2n) is 4.67. The lowest BCUT2D eigenvalue weighted by Gasteiger charge is -2.11. The number of carbonyl (C=O) groups is 1. The molecule has 0 spiro atoms. The summed E-state index contributed by atoms with van der Waals surface area (Å²) in [6.45, 7) is 0.692. The summed E-state index contributed by atoms with van der Waals surface area (Å²) >= 11 is 0. The van der Waals surface area contributed by atoms with E-state index in [0.717, 1.165) is 23.3 Å². The van der Waals surface area contributed by atoms with Gasteiger partial charge in [0.05, 0.1) is 12.6 Å². The molecule has 0 radical (unpaired) electrons. The zero-order chi connectivity index (χ0) is 13.2. The Morgan fingerprint density at radius 3 is 2.74 bits per heavy atom. The van der Waals surface area contributed by atoms with Crippen LogP contribution < -0.4 is 10.5 Å². The third kappa shape index (κ3) is 2.25.